The first-order chi connectivity index (χ1) is 11.5. The SMILES string of the molecule is Cc1cccc(Cl)c1NC(=O)[C@H]1CC(=O)N(c2ccc(Cl)cc2)C1. The highest BCUT2D eigenvalue weighted by Crippen LogP contribution is 2.29. The van der Waals surface area contributed by atoms with Gasteiger partial charge in [0.2, 0.25) is 11.8 Å². The number of aryl methyl sites for hydroxylation is 1. The first-order valence-corrected chi connectivity index (χ1v) is 8.33. The molecule has 0 spiro atoms. The van der Waals surface area contributed by atoms with E-state index in [1.54, 1.807) is 35.2 Å². The summed E-state index contributed by atoms with van der Waals surface area (Å²) in [5, 5.41) is 3.94. The van der Waals surface area contributed by atoms with Crippen molar-refractivity contribution >= 4 is 46.4 Å². The van der Waals surface area contributed by atoms with Gasteiger partial charge in [0.1, 0.15) is 0 Å². The Bertz CT molecular complexity index is 770. The summed E-state index contributed by atoms with van der Waals surface area (Å²) in [6.07, 6.45) is 0.179. The van der Waals surface area contributed by atoms with Gasteiger partial charge in [-0.2, -0.15) is 0 Å². The number of carbonyl (C=O) groups excluding carboxylic acids is 2. The summed E-state index contributed by atoms with van der Waals surface area (Å²) in [6.45, 7) is 2.22. The third kappa shape index (κ3) is 3.40. The number of nitrogens with one attached hydrogen (secondary N) is 1. The van der Waals surface area contributed by atoms with Gasteiger partial charge in [-0.1, -0.05) is 35.3 Å². The molecule has 2 aromatic carbocycles. The molecule has 1 N–H and O–H groups in total. The number of carbonyl (C=O) groups is 2. The van der Waals surface area contributed by atoms with Crippen LogP contribution in [0.1, 0.15) is 12.0 Å². The van der Waals surface area contributed by atoms with Gasteiger partial charge in [0.15, 0.2) is 0 Å². The molecule has 1 saturated heterocycles. The molecule has 1 aliphatic rings. The number of anilines is 2. The highest BCUT2D eigenvalue weighted by atomic mass is 35.5. The zero-order chi connectivity index (χ0) is 17.3. The maximum Gasteiger partial charge on any atom is 0.229 e. The van der Waals surface area contributed by atoms with E-state index in [4.69, 9.17) is 23.2 Å². The third-order valence-electron chi connectivity index (χ3n) is 4.10. The monoisotopic (exact) mass is 362 g/mol. The Morgan fingerprint density at radius 3 is 2.54 bits per heavy atom. The maximum atomic E-state index is 12.5. The quantitative estimate of drug-likeness (QED) is 0.884. The molecule has 124 valence electrons. The normalized spacial score (nSPS) is 17.2. The van der Waals surface area contributed by atoms with Crippen molar-refractivity contribution in [3.05, 3.63) is 58.1 Å². The molecule has 24 heavy (non-hydrogen) atoms. The van der Waals surface area contributed by atoms with Gasteiger partial charge in [0, 0.05) is 23.7 Å². The van der Waals surface area contributed by atoms with Gasteiger partial charge in [-0.05, 0) is 42.8 Å². The van der Waals surface area contributed by atoms with Crippen LogP contribution in [0.4, 0.5) is 11.4 Å². The molecule has 6 heteroatoms. The summed E-state index contributed by atoms with van der Waals surface area (Å²) in [5.74, 6) is -0.687. The van der Waals surface area contributed by atoms with E-state index in [0.29, 0.717) is 22.3 Å². The minimum Gasteiger partial charge on any atom is -0.324 e. The zero-order valence-corrected chi connectivity index (χ0v) is 14.6. The number of hydrogen-bond acceptors (Lipinski definition) is 2. The molecule has 1 heterocycles. The number of hydrogen-bond donors (Lipinski definition) is 1. The van der Waals surface area contributed by atoms with Crippen molar-refractivity contribution in [3.8, 4) is 0 Å². The van der Waals surface area contributed by atoms with E-state index in [1.807, 2.05) is 19.1 Å². The highest BCUT2D eigenvalue weighted by molar-refractivity contribution is 6.34. The molecule has 0 radical (unpaired) electrons. The van der Waals surface area contributed by atoms with Gasteiger partial charge >= 0.3 is 0 Å². The fraction of sp³-hybridized carbons (Fsp3) is 0.222. The summed E-state index contributed by atoms with van der Waals surface area (Å²) in [6, 6.07) is 12.4. The largest absolute Gasteiger partial charge is 0.324 e. The molecule has 2 aromatic rings. The average Bonchev–Trinajstić information content (AvgIpc) is 2.94. The zero-order valence-electron chi connectivity index (χ0n) is 13.1. The molecule has 1 atom stereocenters. The molecular weight excluding hydrogens is 347 g/mol. The van der Waals surface area contributed by atoms with Gasteiger partial charge < -0.3 is 10.2 Å². The van der Waals surface area contributed by atoms with Crippen LogP contribution in [-0.2, 0) is 9.59 Å². The standard InChI is InChI=1S/C18H16Cl2N2O2/c1-11-3-2-4-15(20)17(11)21-18(24)12-9-16(23)22(10-12)14-7-5-13(19)6-8-14/h2-8,12H,9-10H2,1H3,(H,21,24)/t12-/m0/s1. The Morgan fingerprint density at radius 2 is 1.88 bits per heavy atom. The van der Waals surface area contributed by atoms with E-state index in [0.717, 1.165) is 11.3 Å². The van der Waals surface area contributed by atoms with Crippen molar-refractivity contribution in [1.29, 1.82) is 0 Å². The molecule has 0 aliphatic carbocycles. The van der Waals surface area contributed by atoms with E-state index in [2.05, 4.69) is 5.32 Å². The number of rotatable bonds is 3. The van der Waals surface area contributed by atoms with Crippen molar-refractivity contribution in [2.24, 2.45) is 5.92 Å². The van der Waals surface area contributed by atoms with Crippen LogP contribution in [0.3, 0.4) is 0 Å². The minimum absolute atomic E-state index is 0.0756. The topological polar surface area (TPSA) is 49.4 Å². The van der Waals surface area contributed by atoms with Crippen molar-refractivity contribution in [3.63, 3.8) is 0 Å². The molecule has 1 fully saturated rings. The van der Waals surface area contributed by atoms with Crippen LogP contribution in [0.2, 0.25) is 10.0 Å². The van der Waals surface area contributed by atoms with Crippen LogP contribution in [-0.4, -0.2) is 18.4 Å². The van der Waals surface area contributed by atoms with Crippen LogP contribution < -0.4 is 10.2 Å². The summed E-state index contributed by atoms with van der Waals surface area (Å²) in [4.78, 5) is 26.4. The highest BCUT2D eigenvalue weighted by Gasteiger charge is 2.35. The van der Waals surface area contributed by atoms with Crippen LogP contribution in [0.15, 0.2) is 42.5 Å². The number of amides is 2. The predicted octanol–water partition coefficient (Wildman–Crippen LogP) is 4.29. The fourth-order valence-corrected chi connectivity index (χ4v) is 3.16. The van der Waals surface area contributed by atoms with Gasteiger partial charge in [-0.3, -0.25) is 9.59 Å². The predicted molar refractivity (Wildman–Crippen MR) is 96.7 cm³/mol. The Labute approximate surface area is 150 Å². The maximum absolute atomic E-state index is 12.5. The first-order valence-electron chi connectivity index (χ1n) is 7.57. The molecule has 0 saturated carbocycles. The average molecular weight is 363 g/mol. The molecule has 1 aliphatic heterocycles. The van der Waals surface area contributed by atoms with Gasteiger partial charge in [0.05, 0.1) is 16.6 Å². The van der Waals surface area contributed by atoms with Crippen molar-refractivity contribution in [2.45, 2.75) is 13.3 Å². The Balaban J connectivity index is 1.73. The Morgan fingerprint density at radius 1 is 1.17 bits per heavy atom. The second kappa shape index (κ2) is 6.83. The molecule has 0 unspecified atom stereocenters. The van der Waals surface area contributed by atoms with Gasteiger partial charge in [0.25, 0.3) is 0 Å². The number of nitrogens with zero attached hydrogens (tertiary/aromatic N) is 1. The van der Waals surface area contributed by atoms with Crippen LogP contribution in [0.25, 0.3) is 0 Å². The summed E-state index contributed by atoms with van der Waals surface area (Å²) in [7, 11) is 0. The first kappa shape index (κ1) is 16.8. The second-order valence-corrected chi connectivity index (χ2v) is 6.65. The Hall–Kier alpha value is -2.04. The fourth-order valence-electron chi connectivity index (χ4n) is 2.77. The summed E-state index contributed by atoms with van der Waals surface area (Å²) >= 11 is 12.0. The Kier molecular flexibility index (Phi) is 4.78. The van der Waals surface area contributed by atoms with Crippen molar-refractivity contribution in [2.75, 3.05) is 16.8 Å². The van der Waals surface area contributed by atoms with Crippen LogP contribution >= 0.6 is 23.2 Å². The minimum atomic E-state index is -0.413. The molecule has 0 aromatic heterocycles. The third-order valence-corrected chi connectivity index (χ3v) is 4.67. The number of para-hydroxylation sites is 1. The lowest BCUT2D eigenvalue weighted by molar-refractivity contribution is -0.122. The van der Waals surface area contributed by atoms with Crippen molar-refractivity contribution < 1.29 is 9.59 Å². The van der Waals surface area contributed by atoms with Gasteiger partial charge in [-0.15, -0.1) is 0 Å². The lowest BCUT2D eigenvalue weighted by atomic mass is 10.1. The van der Waals surface area contributed by atoms with Crippen LogP contribution in [0.5, 0.6) is 0 Å². The number of halogens is 2. The summed E-state index contributed by atoms with van der Waals surface area (Å²) < 4.78 is 0. The molecule has 0 bridgehead atoms. The lowest BCUT2D eigenvalue weighted by Crippen LogP contribution is -2.28. The molecular formula is C18H16Cl2N2O2. The van der Waals surface area contributed by atoms with E-state index >= 15 is 0 Å². The lowest BCUT2D eigenvalue weighted by Gasteiger charge is -2.17. The smallest absolute Gasteiger partial charge is 0.229 e. The summed E-state index contributed by atoms with van der Waals surface area (Å²) in [5.41, 5.74) is 2.23. The molecule has 2 amide bonds. The van der Waals surface area contributed by atoms with E-state index in [-0.39, 0.29) is 18.2 Å². The number of benzene rings is 2. The van der Waals surface area contributed by atoms with Crippen LogP contribution in [0, 0.1) is 12.8 Å². The van der Waals surface area contributed by atoms with E-state index in [9.17, 15) is 9.59 Å². The van der Waals surface area contributed by atoms with Crippen molar-refractivity contribution in [1.82, 2.24) is 0 Å². The van der Waals surface area contributed by atoms with Gasteiger partial charge in [-0.25, -0.2) is 0 Å². The van der Waals surface area contributed by atoms with E-state index in [1.165, 1.54) is 0 Å². The second-order valence-electron chi connectivity index (χ2n) is 5.80. The van der Waals surface area contributed by atoms with E-state index < -0.39 is 5.92 Å². The molecule has 4 nitrogen and oxygen atoms in total. The molecule has 3 rings (SSSR count).